The van der Waals surface area contributed by atoms with E-state index in [9.17, 15) is 14.4 Å². The summed E-state index contributed by atoms with van der Waals surface area (Å²) in [6, 6.07) is 14.3. The van der Waals surface area contributed by atoms with E-state index in [1.807, 2.05) is 6.07 Å². The maximum atomic E-state index is 12.9. The standard InChI is InChI=1S/C19H14N2O4/c1-11(22)25-10-21-15-9-5-3-7-13(15)16(19(21)24)17-18(23)12-6-2-4-8-14(12)20-17/h2-9,20H,10H2,1H3/b17-16-. The Morgan fingerprint density at radius 3 is 2.44 bits per heavy atom. The lowest BCUT2D eigenvalue weighted by Gasteiger charge is -2.16. The molecule has 0 fully saturated rings. The van der Waals surface area contributed by atoms with Crippen molar-refractivity contribution in [3.63, 3.8) is 0 Å². The fourth-order valence-corrected chi connectivity index (χ4v) is 3.10. The number of para-hydroxylation sites is 2. The van der Waals surface area contributed by atoms with Crippen LogP contribution in [0.25, 0.3) is 5.57 Å². The van der Waals surface area contributed by atoms with Gasteiger partial charge in [-0.05, 0) is 18.2 Å². The van der Waals surface area contributed by atoms with Gasteiger partial charge in [-0.15, -0.1) is 0 Å². The van der Waals surface area contributed by atoms with Crippen LogP contribution in [0.3, 0.4) is 0 Å². The van der Waals surface area contributed by atoms with Crippen molar-refractivity contribution in [1.29, 1.82) is 0 Å². The third-order valence-corrected chi connectivity index (χ3v) is 4.23. The van der Waals surface area contributed by atoms with Crippen LogP contribution in [0.4, 0.5) is 11.4 Å². The SMILES string of the molecule is CC(=O)OCN1C(=O)/C(=C2\Nc3ccccc3C2=O)c2ccccc21. The number of Topliss-reactive ketones (excluding diaryl/α,β-unsaturated/α-hetero) is 1. The molecule has 0 unspecified atom stereocenters. The number of rotatable bonds is 2. The zero-order valence-electron chi connectivity index (χ0n) is 13.4. The van der Waals surface area contributed by atoms with Gasteiger partial charge in [0.25, 0.3) is 5.91 Å². The molecule has 0 spiro atoms. The van der Waals surface area contributed by atoms with E-state index in [0.29, 0.717) is 28.1 Å². The summed E-state index contributed by atoms with van der Waals surface area (Å²) in [5.74, 6) is -1.07. The van der Waals surface area contributed by atoms with Crippen LogP contribution in [-0.4, -0.2) is 24.4 Å². The smallest absolute Gasteiger partial charge is 0.304 e. The molecule has 0 radical (unpaired) electrons. The molecular formula is C19H14N2O4. The van der Waals surface area contributed by atoms with Crippen molar-refractivity contribution in [2.45, 2.75) is 6.92 Å². The van der Waals surface area contributed by atoms with Gasteiger partial charge in [-0.3, -0.25) is 19.3 Å². The molecule has 4 rings (SSSR count). The highest BCUT2D eigenvalue weighted by Crippen LogP contribution is 2.41. The Morgan fingerprint density at radius 1 is 1.04 bits per heavy atom. The summed E-state index contributed by atoms with van der Waals surface area (Å²) in [6.07, 6.45) is 0. The molecule has 1 amide bonds. The normalized spacial score (nSPS) is 18.0. The molecule has 0 bridgehead atoms. The molecule has 0 saturated heterocycles. The minimum Gasteiger partial charge on any atom is -0.444 e. The number of fused-ring (bicyclic) bond motifs is 2. The number of hydrogen-bond acceptors (Lipinski definition) is 5. The van der Waals surface area contributed by atoms with Gasteiger partial charge in [-0.25, -0.2) is 0 Å². The number of amides is 1. The summed E-state index contributed by atoms with van der Waals surface area (Å²) in [7, 11) is 0. The first kappa shape index (κ1) is 15.1. The number of hydrogen-bond donors (Lipinski definition) is 1. The van der Waals surface area contributed by atoms with Crippen LogP contribution >= 0.6 is 0 Å². The van der Waals surface area contributed by atoms with Crippen molar-refractivity contribution in [3.05, 3.63) is 65.4 Å². The first-order chi connectivity index (χ1) is 12.1. The molecule has 2 aromatic rings. The molecule has 25 heavy (non-hydrogen) atoms. The lowest BCUT2D eigenvalue weighted by molar-refractivity contribution is -0.141. The monoisotopic (exact) mass is 334 g/mol. The number of nitrogens with one attached hydrogen (secondary N) is 1. The number of ether oxygens (including phenoxy) is 1. The van der Waals surface area contributed by atoms with E-state index in [2.05, 4.69) is 5.32 Å². The second kappa shape index (κ2) is 5.59. The lowest BCUT2D eigenvalue weighted by Crippen LogP contribution is -2.30. The van der Waals surface area contributed by atoms with Gasteiger partial charge in [0.15, 0.2) is 6.73 Å². The quantitative estimate of drug-likeness (QED) is 0.675. The first-order valence-electron chi connectivity index (χ1n) is 7.77. The minimum atomic E-state index is -0.478. The fourth-order valence-electron chi connectivity index (χ4n) is 3.10. The maximum Gasteiger partial charge on any atom is 0.304 e. The Hall–Kier alpha value is -3.41. The van der Waals surface area contributed by atoms with E-state index in [1.54, 1.807) is 42.5 Å². The van der Waals surface area contributed by atoms with Crippen LogP contribution in [0.2, 0.25) is 0 Å². The highest BCUT2D eigenvalue weighted by Gasteiger charge is 2.39. The highest BCUT2D eigenvalue weighted by molar-refractivity contribution is 6.39. The molecule has 0 aromatic heterocycles. The Labute approximate surface area is 143 Å². The molecule has 6 heteroatoms. The van der Waals surface area contributed by atoms with E-state index in [0.717, 1.165) is 0 Å². The van der Waals surface area contributed by atoms with Crippen molar-refractivity contribution in [1.82, 2.24) is 0 Å². The summed E-state index contributed by atoms with van der Waals surface area (Å²) in [5.41, 5.74) is 3.02. The highest BCUT2D eigenvalue weighted by atomic mass is 16.5. The predicted octanol–water partition coefficient (Wildman–Crippen LogP) is 2.57. The average Bonchev–Trinajstić information content (AvgIpc) is 3.07. The fraction of sp³-hybridized carbons (Fsp3) is 0.105. The lowest BCUT2D eigenvalue weighted by atomic mass is 10.0. The molecule has 2 aromatic carbocycles. The maximum absolute atomic E-state index is 12.9. The van der Waals surface area contributed by atoms with E-state index in [4.69, 9.17) is 4.74 Å². The van der Waals surface area contributed by atoms with Crippen LogP contribution in [0.5, 0.6) is 0 Å². The summed E-state index contributed by atoms with van der Waals surface area (Å²) in [5, 5.41) is 3.06. The van der Waals surface area contributed by atoms with Gasteiger partial charge in [0, 0.05) is 23.7 Å². The van der Waals surface area contributed by atoms with Crippen LogP contribution in [-0.2, 0) is 14.3 Å². The molecular weight excluding hydrogens is 320 g/mol. The molecule has 6 nitrogen and oxygen atoms in total. The predicted molar refractivity (Wildman–Crippen MR) is 91.9 cm³/mol. The van der Waals surface area contributed by atoms with Gasteiger partial charge in [0.1, 0.15) is 5.70 Å². The van der Waals surface area contributed by atoms with Crippen LogP contribution in [0.1, 0.15) is 22.8 Å². The van der Waals surface area contributed by atoms with Gasteiger partial charge in [-0.2, -0.15) is 0 Å². The Balaban J connectivity index is 1.83. The number of benzene rings is 2. The molecule has 1 N–H and O–H groups in total. The molecule has 2 heterocycles. The van der Waals surface area contributed by atoms with Crippen molar-refractivity contribution < 1.29 is 19.1 Å². The Kier molecular flexibility index (Phi) is 3.39. The van der Waals surface area contributed by atoms with E-state index < -0.39 is 5.97 Å². The van der Waals surface area contributed by atoms with E-state index in [-0.39, 0.29) is 24.1 Å². The number of anilines is 2. The first-order valence-corrected chi connectivity index (χ1v) is 7.77. The third kappa shape index (κ3) is 2.30. The van der Waals surface area contributed by atoms with Gasteiger partial charge in [0.05, 0.1) is 11.3 Å². The molecule has 0 atom stereocenters. The molecule has 124 valence electrons. The summed E-state index contributed by atoms with van der Waals surface area (Å²) >= 11 is 0. The summed E-state index contributed by atoms with van der Waals surface area (Å²) in [4.78, 5) is 38.2. The molecule has 0 aliphatic carbocycles. The van der Waals surface area contributed by atoms with Crippen LogP contribution in [0.15, 0.2) is 54.2 Å². The van der Waals surface area contributed by atoms with Gasteiger partial charge >= 0.3 is 5.97 Å². The van der Waals surface area contributed by atoms with Crippen LogP contribution in [0, 0.1) is 0 Å². The van der Waals surface area contributed by atoms with E-state index in [1.165, 1.54) is 11.8 Å². The molecule has 2 aliphatic rings. The number of carbonyl (C=O) groups is 3. The molecule has 0 saturated carbocycles. The number of allylic oxidation sites excluding steroid dienone is 1. The van der Waals surface area contributed by atoms with Crippen molar-refractivity contribution in [2.24, 2.45) is 0 Å². The minimum absolute atomic E-state index is 0.191. The zero-order chi connectivity index (χ0) is 17.6. The Bertz CT molecular complexity index is 961. The van der Waals surface area contributed by atoms with Crippen LogP contribution < -0.4 is 10.2 Å². The average molecular weight is 334 g/mol. The van der Waals surface area contributed by atoms with Crippen molar-refractivity contribution in [3.8, 4) is 0 Å². The number of nitrogens with zero attached hydrogens (tertiary/aromatic N) is 1. The largest absolute Gasteiger partial charge is 0.444 e. The second-order valence-electron chi connectivity index (χ2n) is 5.77. The third-order valence-electron chi connectivity index (χ3n) is 4.23. The number of esters is 1. The second-order valence-corrected chi connectivity index (χ2v) is 5.77. The Morgan fingerprint density at radius 2 is 1.72 bits per heavy atom. The van der Waals surface area contributed by atoms with Gasteiger partial charge < -0.3 is 10.1 Å². The molecule has 2 aliphatic heterocycles. The van der Waals surface area contributed by atoms with Gasteiger partial charge in [0.2, 0.25) is 5.78 Å². The number of ketones is 1. The van der Waals surface area contributed by atoms with Gasteiger partial charge in [-0.1, -0.05) is 30.3 Å². The topological polar surface area (TPSA) is 75.7 Å². The summed E-state index contributed by atoms with van der Waals surface area (Å²) in [6.45, 7) is 1.09. The summed E-state index contributed by atoms with van der Waals surface area (Å²) < 4.78 is 4.99. The zero-order valence-corrected chi connectivity index (χ0v) is 13.4. The van der Waals surface area contributed by atoms with Crippen molar-refractivity contribution in [2.75, 3.05) is 16.9 Å². The van der Waals surface area contributed by atoms with Crippen molar-refractivity contribution >= 4 is 34.6 Å². The van der Waals surface area contributed by atoms with E-state index >= 15 is 0 Å². The number of carbonyl (C=O) groups excluding carboxylic acids is 3.